The summed E-state index contributed by atoms with van der Waals surface area (Å²) >= 11 is 1.60. The Bertz CT molecular complexity index is 629. The van der Waals surface area contributed by atoms with Crippen LogP contribution in [0.25, 0.3) is 0 Å². The van der Waals surface area contributed by atoms with Crippen LogP contribution in [0.3, 0.4) is 0 Å². The van der Waals surface area contributed by atoms with E-state index in [0.717, 1.165) is 10.7 Å². The van der Waals surface area contributed by atoms with Gasteiger partial charge in [-0.2, -0.15) is 0 Å². The number of hydrogen-bond donors (Lipinski definition) is 1. The summed E-state index contributed by atoms with van der Waals surface area (Å²) in [6, 6.07) is 7.19. The van der Waals surface area contributed by atoms with Crippen molar-refractivity contribution in [3.8, 4) is 5.75 Å². The molecule has 21 heavy (non-hydrogen) atoms. The van der Waals surface area contributed by atoms with Crippen LogP contribution in [0.1, 0.15) is 41.8 Å². The first-order valence-corrected chi connectivity index (χ1v) is 7.68. The van der Waals surface area contributed by atoms with Crippen LogP contribution in [-0.2, 0) is 6.61 Å². The van der Waals surface area contributed by atoms with E-state index in [0.29, 0.717) is 17.9 Å². The highest BCUT2D eigenvalue weighted by molar-refractivity contribution is 7.09. The summed E-state index contributed by atoms with van der Waals surface area (Å²) in [7, 11) is 0. The first kappa shape index (κ1) is 15.5. The first-order chi connectivity index (χ1) is 9.83. The van der Waals surface area contributed by atoms with Crippen molar-refractivity contribution in [3.63, 3.8) is 0 Å². The Morgan fingerprint density at radius 3 is 2.76 bits per heavy atom. The van der Waals surface area contributed by atoms with Gasteiger partial charge in [0.2, 0.25) is 0 Å². The van der Waals surface area contributed by atoms with Gasteiger partial charge in [-0.25, -0.2) is 4.98 Å². The highest BCUT2D eigenvalue weighted by Crippen LogP contribution is 2.17. The molecule has 0 atom stereocenters. The molecule has 2 rings (SSSR count). The summed E-state index contributed by atoms with van der Waals surface area (Å²) < 4.78 is 5.69. The predicted molar refractivity (Wildman–Crippen MR) is 84.8 cm³/mol. The molecule has 0 aliphatic heterocycles. The van der Waals surface area contributed by atoms with Gasteiger partial charge in [-0.3, -0.25) is 4.79 Å². The number of rotatable bonds is 4. The van der Waals surface area contributed by atoms with E-state index in [4.69, 9.17) is 4.74 Å². The van der Waals surface area contributed by atoms with Crippen molar-refractivity contribution in [1.29, 1.82) is 0 Å². The van der Waals surface area contributed by atoms with Gasteiger partial charge >= 0.3 is 0 Å². The summed E-state index contributed by atoms with van der Waals surface area (Å²) in [5, 5.41) is 5.93. The van der Waals surface area contributed by atoms with Crippen molar-refractivity contribution in [1.82, 2.24) is 10.3 Å². The van der Waals surface area contributed by atoms with Crippen LogP contribution >= 0.6 is 11.3 Å². The summed E-state index contributed by atoms with van der Waals surface area (Å²) in [5.74, 6) is 0.569. The number of ether oxygens (including phenoxy) is 1. The molecule has 1 aromatic heterocycles. The molecule has 0 saturated carbocycles. The number of thiazole rings is 1. The van der Waals surface area contributed by atoms with Crippen molar-refractivity contribution in [3.05, 3.63) is 45.9 Å². The number of nitrogens with zero attached hydrogens (tertiary/aromatic N) is 1. The normalized spacial score (nSPS) is 11.2. The lowest BCUT2D eigenvalue weighted by Crippen LogP contribution is -2.40. The lowest BCUT2D eigenvalue weighted by atomic mass is 10.1. The molecular formula is C16H20N2O2S. The Balaban J connectivity index is 2.02. The summed E-state index contributed by atoms with van der Waals surface area (Å²) in [4.78, 5) is 16.5. The minimum atomic E-state index is -0.258. The van der Waals surface area contributed by atoms with E-state index >= 15 is 0 Å². The highest BCUT2D eigenvalue weighted by atomic mass is 32.1. The number of aryl methyl sites for hydroxylation is 1. The van der Waals surface area contributed by atoms with Gasteiger partial charge in [0.05, 0.1) is 10.7 Å². The number of carbonyl (C=O) groups excluding carboxylic acids is 1. The van der Waals surface area contributed by atoms with Crippen LogP contribution in [0.15, 0.2) is 29.6 Å². The topological polar surface area (TPSA) is 51.2 Å². The molecule has 0 bridgehead atoms. The standard InChI is InChI=1S/C16H20N2O2S/c1-11-17-13(10-21-11)9-20-14-7-5-6-12(8-14)15(19)18-16(2,3)4/h5-8,10H,9H2,1-4H3,(H,18,19). The third kappa shape index (κ3) is 4.86. The lowest BCUT2D eigenvalue weighted by molar-refractivity contribution is 0.0919. The predicted octanol–water partition coefficient (Wildman–Crippen LogP) is 3.56. The quantitative estimate of drug-likeness (QED) is 0.939. The average molecular weight is 304 g/mol. The molecule has 5 heteroatoms. The number of carbonyl (C=O) groups is 1. The van der Waals surface area contributed by atoms with Gasteiger partial charge in [0, 0.05) is 16.5 Å². The van der Waals surface area contributed by atoms with Crippen molar-refractivity contribution in [2.75, 3.05) is 0 Å². The molecule has 0 aliphatic carbocycles. The van der Waals surface area contributed by atoms with E-state index < -0.39 is 0 Å². The van der Waals surface area contributed by atoms with E-state index in [9.17, 15) is 4.79 Å². The molecule has 0 radical (unpaired) electrons. The van der Waals surface area contributed by atoms with E-state index in [1.54, 1.807) is 23.5 Å². The maximum absolute atomic E-state index is 12.1. The van der Waals surface area contributed by atoms with Crippen LogP contribution in [0.4, 0.5) is 0 Å². The molecule has 1 aromatic carbocycles. The SMILES string of the molecule is Cc1nc(COc2cccc(C(=O)NC(C)(C)C)c2)cs1. The number of aromatic nitrogens is 1. The number of hydrogen-bond acceptors (Lipinski definition) is 4. The van der Waals surface area contributed by atoms with E-state index in [2.05, 4.69) is 10.3 Å². The average Bonchev–Trinajstić information content (AvgIpc) is 2.81. The fourth-order valence-corrected chi connectivity index (χ4v) is 2.37. The van der Waals surface area contributed by atoms with Gasteiger partial charge in [0.25, 0.3) is 5.91 Å². The minimum absolute atomic E-state index is 0.0996. The fourth-order valence-electron chi connectivity index (χ4n) is 1.77. The number of nitrogens with one attached hydrogen (secondary N) is 1. The molecule has 112 valence electrons. The second-order valence-corrected chi connectivity index (χ2v) is 6.94. The van der Waals surface area contributed by atoms with Crippen molar-refractivity contribution >= 4 is 17.2 Å². The van der Waals surface area contributed by atoms with Gasteiger partial charge < -0.3 is 10.1 Å². The summed E-state index contributed by atoms with van der Waals surface area (Å²) in [5.41, 5.74) is 1.24. The zero-order valence-corrected chi connectivity index (χ0v) is 13.6. The zero-order valence-electron chi connectivity index (χ0n) is 12.8. The van der Waals surface area contributed by atoms with Crippen LogP contribution in [0.2, 0.25) is 0 Å². The first-order valence-electron chi connectivity index (χ1n) is 6.80. The van der Waals surface area contributed by atoms with Crippen LogP contribution in [-0.4, -0.2) is 16.4 Å². The highest BCUT2D eigenvalue weighted by Gasteiger charge is 2.15. The Morgan fingerprint density at radius 1 is 1.38 bits per heavy atom. The monoisotopic (exact) mass is 304 g/mol. The molecule has 4 nitrogen and oxygen atoms in total. The maximum atomic E-state index is 12.1. The van der Waals surface area contributed by atoms with Crippen LogP contribution in [0, 0.1) is 6.92 Å². The van der Waals surface area contributed by atoms with Gasteiger partial charge in [0.1, 0.15) is 12.4 Å². The summed E-state index contributed by atoms with van der Waals surface area (Å²) in [6.07, 6.45) is 0. The van der Waals surface area contributed by atoms with Gasteiger partial charge in [0.15, 0.2) is 0 Å². The Morgan fingerprint density at radius 2 is 2.14 bits per heavy atom. The maximum Gasteiger partial charge on any atom is 0.251 e. The molecule has 0 aliphatic rings. The molecule has 1 heterocycles. The lowest BCUT2D eigenvalue weighted by Gasteiger charge is -2.20. The Labute approximate surface area is 129 Å². The van der Waals surface area contributed by atoms with E-state index in [1.807, 2.05) is 45.2 Å². The summed E-state index contributed by atoms with van der Waals surface area (Å²) in [6.45, 7) is 8.24. The van der Waals surface area contributed by atoms with Crippen LogP contribution < -0.4 is 10.1 Å². The molecule has 0 fully saturated rings. The van der Waals surface area contributed by atoms with Gasteiger partial charge in [-0.05, 0) is 45.9 Å². The van der Waals surface area contributed by atoms with Crippen molar-refractivity contribution < 1.29 is 9.53 Å². The van der Waals surface area contributed by atoms with Gasteiger partial charge in [-0.1, -0.05) is 6.07 Å². The second-order valence-electron chi connectivity index (χ2n) is 5.88. The molecule has 0 spiro atoms. The third-order valence-electron chi connectivity index (χ3n) is 2.64. The Hall–Kier alpha value is -1.88. The largest absolute Gasteiger partial charge is 0.487 e. The molecule has 0 unspecified atom stereocenters. The van der Waals surface area contributed by atoms with Crippen molar-refractivity contribution in [2.45, 2.75) is 39.8 Å². The Kier molecular flexibility index (Phi) is 4.63. The fraction of sp³-hybridized carbons (Fsp3) is 0.375. The number of benzene rings is 1. The smallest absolute Gasteiger partial charge is 0.251 e. The number of amides is 1. The van der Waals surface area contributed by atoms with Gasteiger partial charge in [-0.15, -0.1) is 11.3 Å². The minimum Gasteiger partial charge on any atom is -0.487 e. The van der Waals surface area contributed by atoms with E-state index in [-0.39, 0.29) is 11.4 Å². The van der Waals surface area contributed by atoms with E-state index in [1.165, 1.54) is 0 Å². The third-order valence-corrected chi connectivity index (χ3v) is 3.46. The van der Waals surface area contributed by atoms with Crippen molar-refractivity contribution in [2.24, 2.45) is 0 Å². The molecule has 2 aromatic rings. The molecule has 1 amide bonds. The molecule has 0 saturated heterocycles. The second kappa shape index (κ2) is 6.26. The molecular weight excluding hydrogens is 284 g/mol. The zero-order chi connectivity index (χ0) is 15.5. The van der Waals surface area contributed by atoms with Crippen LogP contribution in [0.5, 0.6) is 5.75 Å². The molecule has 1 N–H and O–H groups in total.